The van der Waals surface area contributed by atoms with E-state index < -0.39 is 0 Å². The van der Waals surface area contributed by atoms with Crippen LogP contribution >= 0.6 is 11.3 Å². The number of hydrogen-bond donors (Lipinski definition) is 1. The standard InChI is InChI=1S/C14H16N2O3S/c1-10(12-6-4-8-20-12)16(2)13(17)9-15-14(18)11-5-3-7-19-11/h3-8,10H,9H2,1-2H3,(H,15,18). The molecule has 5 nitrogen and oxygen atoms in total. The van der Waals surface area contributed by atoms with Crippen LogP contribution in [-0.2, 0) is 4.79 Å². The molecule has 1 atom stereocenters. The highest BCUT2D eigenvalue weighted by Gasteiger charge is 2.19. The fourth-order valence-corrected chi connectivity index (χ4v) is 2.54. The van der Waals surface area contributed by atoms with E-state index in [0.717, 1.165) is 4.88 Å². The van der Waals surface area contributed by atoms with Gasteiger partial charge in [-0.2, -0.15) is 0 Å². The van der Waals surface area contributed by atoms with Gasteiger partial charge < -0.3 is 14.6 Å². The molecule has 20 heavy (non-hydrogen) atoms. The lowest BCUT2D eigenvalue weighted by Crippen LogP contribution is -2.39. The number of carbonyl (C=O) groups is 2. The van der Waals surface area contributed by atoms with Gasteiger partial charge >= 0.3 is 0 Å². The summed E-state index contributed by atoms with van der Waals surface area (Å²) in [6.45, 7) is 1.91. The second-order valence-electron chi connectivity index (χ2n) is 4.36. The zero-order valence-corrected chi connectivity index (χ0v) is 12.1. The third-order valence-electron chi connectivity index (χ3n) is 3.07. The summed E-state index contributed by atoms with van der Waals surface area (Å²) in [4.78, 5) is 26.4. The van der Waals surface area contributed by atoms with Gasteiger partial charge in [0.05, 0.1) is 18.8 Å². The number of amides is 2. The van der Waals surface area contributed by atoms with E-state index in [1.165, 1.54) is 6.26 Å². The van der Waals surface area contributed by atoms with Crippen LogP contribution in [-0.4, -0.2) is 30.3 Å². The van der Waals surface area contributed by atoms with Gasteiger partial charge in [0.25, 0.3) is 5.91 Å². The molecule has 0 fully saturated rings. The van der Waals surface area contributed by atoms with E-state index in [-0.39, 0.29) is 30.2 Å². The summed E-state index contributed by atoms with van der Waals surface area (Å²) in [5, 5.41) is 4.52. The second-order valence-corrected chi connectivity index (χ2v) is 5.34. The maximum atomic E-state index is 12.0. The Morgan fingerprint density at radius 3 is 2.80 bits per heavy atom. The van der Waals surface area contributed by atoms with Crippen molar-refractivity contribution in [3.8, 4) is 0 Å². The van der Waals surface area contributed by atoms with E-state index >= 15 is 0 Å². The highest BCUT2D eigenvalue weighted by molar-refractivity contribution is 7.10. The average molecular weight is 292 g/mol. The average Bonchev–Trinajstić information content (AvgIpc) is 3.14. The largest absolute Gasteiger partial charge is 0.459 e. The number of nitrogens with zero attached hydrogens (tertiary/aromatic N) is 1. The van der Waals surface area contributed by atoms with Crippen LogP contribution in [0.25, 0.3) is 0 Å². The molecule has 0 spiro atoms. The molecule has 0 radical (unpaired) electrons. The van der Waals surface area contributed by atoms with Crippen molar-refractivity contribution in [1.82, 2.24) is 10.2 Å². The van der Waals surface area contributed by atoms with Gasteiger partial charge in [0, 0.05) is 11.9 Å². The normalized spacial score (nSPS) is 11.9. The first-order valence-corrected chi connectivity index (χ1v) is 7.08. The number of hydrogen-bond acceptors (Lipinski definition) is 4. The Kier molecular flexibility index (Phi) is 4.57. The number of rotatable bonds is 5. The van der Waals surface area contributed by atoms with Gasteiger partial charge in [0.2, 0.25) is 5.91 Å². The van der Waals surface area contributed by atoms with Gasteiger partial charge in [-0.25, -0.2) is 0 Å². The summed E-state index contributed by atoms with van der Waals surface area (Å²) in [6.07, 6.45) is 1.42. The molecule has 2 rings (SSSR count). The number of nitrogens with one attached hydrogen (secondary N) is 1. The second kappa shape index (κ2) is 6.38. The minimum atomic E-state index is -0.388. The molecule has 0 aliphatic heterocycles. The minimum Gasteiger partial charge on any atom is -0.459 e. The summed E-state index contributed by atoms with van der Waals surface area (Å²) in [6, 6.07) is 7.11. The van der Waals surface area contributed by atoms with E-state index in [1.807, 2.05) is 24.4 Å². The predicted octanol–water partition coefficient (Wildman–Crippen LogP) is 2.29. The first-order chi connectivity index (χ1) is 9.59. The Morgan fingerprint density at radius 1 is 1.40 bits per heavy atom. The number of likely N-dealkylation sites (N-methyl/N-ethyl adjacent to an activating group) is 1. The van der Waals surface area contributed by atoms with Crippen LogP contribution in [0.4, 0.5) is 0 Å². The van der Waals surface area contributed by atoms with Crippen molar-refractivity contribution in [2.24, 2.45) is 0 Å². The van der Waals surface area contributed by atoms with Crippen LogP contribution in [0.2, 0.25) is 0 Å². The van der Waals surface area contributed by atoms with Gasteiger partial charge in [-0.05, 0) is 30.5 Å². The molecule has 0 aliphatic carbocycles. The van der Waals surface area contributed by atoms with E-state index in [0.29, 0.717) is 0 Å². The predicted molar refractivity (Wildman–Crippen MR) is 76.5 cm³/mol. The van der Waals surface area contributed by atoms with Crippen molar-refractivity contribution in [3.05, 3.63) is 46.5 Å². The number of thiophene rings is 1. The highest BCUT2D eigenvalue weighted by Crippen LogP contribution is 2.23. The molecule has 2 aromatic rings. The zero-order chi connectivity index (χ0) is 14.5. The quantitative estimate of drug-likeness (QED) is 0.919. The van der Waals surface area contributed by atoms with E-state index in [2.05, 4.69) is 5.32 Å². The van der Waals surface area contributed by atoms with Crippen LogP contribution in [0, 0.1) is 0 Å². The smallest absolute Gasteiger partial charge is 0.287 e. The Labute approximate surface area is 121 Å². The van der Waals surface area contributed by atoms with Crippen LogP contribution in [0.1, 0.15) is 28.4 Å². The molecule has 0 saturated heterocycles. The van der Waals surface area contributed by atoms with Gasteiger partial charge in [0.15, 0.2) is 5.76 Å². The van der Waals surface area contributed by atoms with Crippen molar-refractivity contribution in [2.45, 2.75) is 13.0 Å². The molecular formula is C14H16N2O3S. The molecule has 106 valence electrons. The fourth-order valence-electron chi connectivity index (χ4n) is 1.71. The lowest BCUT2D eigenvalue weighted by atomic mass is 10.2. The molecule has 2 amide bonds. The maximum absolute atomic E-state index is 12.0. The molecule has 1 unspecified atom stereocenters. The third kappa shape index (κ3) is 3.27. The fraction of sp³-hybridized carbons (Fsp3) is 0.286. The van der Waals surface area contributed by atoms with Crippen molar-refractivity contribution in [3.63, 3.8) is 0 Å². The summed E-state index contributed by atoms with van der Waals surface area (Å²) in [5.74, 6) is -0.335. The van der Waals surface area contributed by atoms with Gasteiger partial charge in [-0.1, -0.05) is 6.07 Å². The van der Waals surface area contributed by atoms with Crippen molar-refractivity contribution >= 4 is 23.2 Å². The monoisotopic (exact) mass is 292 g/mol. The molecule has 1 N–H and O–H groups in total. The maximum Gasteiger partial charge on any atom is 0.287 e. The van der Waals surface area contributed by atoms with Gasteiger partial charge in [0.1, 0.15) is 0 Å². The Morgan fingerprint density at radius 2 is 2.20 bits per heavy atom. The highest BCUT2D eigenvalue weighted by atomic mass is 32.1. The van der Waals surface area contributed by atoms with Crippen molar-refractivity contribution in [2.75, 3.05) is 13.6 Å². The van der Waals surface area contributed by atoms with Crippen molar-refractivity contribution in [1.29, 1.82) is 0 Å². The van der Waals surface area contributed by atoms with Gasteiger partial charge in [-0.3, -0.25) is 9.59 Å². The van der Waals surface area contributed by atoms with E-state index in [4.69, 9.17) is 4.42 Å². The van der Waals surface area contributed by atoms with E-state index in [9.17, 15) is 9.59 Å². The SMILES string of the molecule is CC(c1cccs1)N(C)C(=O)CNC(=O)c1ccco1. The molecule has 0 saturated carbocycles. The van der Waals surface area contributed by atoms with Crippen molar-refractivity contribution < 1.29 is 14.0 Å². The number of carbonyl (C=O) groups excluding carboxylic acids is 2. The lowest BCUT2D eigenvalue weighted by Gasteiger charge is -2.24. The number of furan rings is 1. The summed E-state index contributed by atoms with van der Waals surface area (Å²) in [7, 11) is 1.73. The van der Waals surface area contributed by atoms with Crippen LogP contribution in [0.15, 0.2) is 40.3 Å². The summed E-state index contributed by atoms with van der Waals surface area (Å²) in [5.41, 5.74) is 0. The first-order valence-electron chi connectivity index (χ1n) is 6.20. The van der Waals surface area contributed by atoms with Crippen LogP contribution in [0.5, 0.6) is 0 Å². The van der Waals surface area contributed by atoms with Gasteiger partial charge in [-0.15, -0.1) is 11.3 Å². The Bertz CT molecular complexity index is 563. The molecule has 2 heterocycles. The van der Waals surface area contributed by atoms with E-state index in [1.54, 1.807) is 35.4 Å². The molecule has 6 heteroatoms. The molecule has 0 bridgehead atoms. The van der Waals surface area contributed by atoms with Crippen LogP contribution in [0.3, 0.4) is 0 Å². The Hall–Kier alpha value is -2.08. The topological polar surface area (TPSA) is 62.6 Å². The minimum absolute atomic E-state index is 0.0111. The lowest BCUT2D eigenvalue weighted by molar-refractivity contribution is -0.130. The summed E-state index contributed by atoms with van der Waals surface area (Å²) < 4.78 is 4.96. The third-order valence-corrected chi connectivity index (χ3v) is 4.12. The molecule has 2 aromatic heterocycles. The molecular weight excluding hydrogens is 276 g/mol. The first kappa shape index (κ1) is 14.3. The van der Waals surface area contributed by atoms with Crippen LogP contribution < -0.4 is 5.32 Å². The molecule has 0 aromatic carbocycles. The summed E-state index contributed by atoms with van der Waals surface area (Å²) >= 11 is 1.60. The Balaban J connectivity index is 1.87. The zero-order valence-electron chi connectivity index (χ0n) is 11.3. The molecule has 0 aliphatic rings.